The van der Waals surface area contributed by atoms with Crippen molar-refractivity contribution in [3.8, 4) is 11.4 Å². The SMILES string of the molecule is CC(Nc1ncc(-c2noc(C(F)(F)F)n2)cn1)c1cnccn1. The first-order valence-electron chi connectivity index (χ1n) is 6.69. The van der Waals surface area contributed by atoms with Crippen LogP contribution in [0.5, 0.6) is 0 Å². The molecule has 0 aromatic carbocycles. The molecule has 0 aliphatic rings. The Morgan fingerprint density at radius 3 is 2.42 bits per heavy atom. The third-order valence-electron chi connectivity index (χ3n) is 2.95. The van der Waals surface area contributed by atoms with Crippen molar-refractivity contribution in [1.29, 1.82) is 0 Å². The molecule has 11 heteroatoms. The summed E-state index contributed by atoms with van der Waals surface area (Å²) in [6.45, 7) is 1.84. The van der Waals surface area contributed by atoms with Crippen molar-refractivity contribution in [2.75, 3.05) is 5.32 Å². The van der Waals surface area contributed by atoms with Gasteiger partial charge in [-0.3, -0.25) is 9.97 Å². The predicted octanol–water partition coefficient (Wildman–Crippen LogP) is 2.51. The summed E-state index contributed by atoms with van der Waals surface area (Å²) in [5.74, 6) is -1.39. The lowest BCUT2D eigenvalue weighted by Crippen LogP contribution is -2.11. The Morgan fingerprint density at radius 2 is 1.83 bits per heavy atom. The van der Waals surface area contributed by atoms with Gasteiger partial charge < -0.3 is 9.84 Å². The highest BCUT2D eigenvalue weighted by molar-refractivity contribution is 5.52. The molecular formula is C13H10F3N7O. The maximum absolute atomic E-state index is 12.4. The Balaban J connectivity index is 1.73. The third-order valence-corrected chi connectivity index (χ3v) is 2.95. The molecule has 0 bridgehead atoms. The van der Waals surface area contributed by atoms with Gasteiger partial charge in [0.15, 0.2) is 0 Å². The molecule has 0 aliphatic heterocycles. The number of nitrogens with one attached hydrogen (secondary N) is 1. The second-order valence-electron chi connectivity index (χ2n) is 4.71. The van der Waals surface area contributed by atoms with Crippen LogP contribution in [0.25, 0.3) is 11.4 Å². The standard InChI is InChI=1S/C13H10F3N7O/c1-7(9-6-17-2-3-18-9)21-12-19-4-8(5-20-12)10-22-11(24-23-10)13(14,15)16/h2-7H,1H3,(H,19,20,21). The van der Waals surface area contributed by atoms with E-state index in [0.717, 1.165) is 0 Å². The number of hydrogen-bond acceptors (Lipinski definition) is 8. The van der Waals surface area contributed by atoms with Crippen molar-refractivity contribution in [2.45, 2.75) is 19.1 Å². The molecule has 0 saturated heterocycles. The molecule has 0 radical (unpaired) electrons. The van der Waals surface area contributed by atoms with E-state index in [1.54, 1.807) is 18.6 Å². The summed E-state index contributed by atoms with van der Waals surface area (Å²) < 4.78 is 41.5. The molecule has 0 aliphatic carbocycles. The van der Waals surface area contributed by atoms with Crippen LogP contribution in [0.1, 0.15) is 24.6 Å². The smallest absolute Gasteiger partial charge is 0.346 e. The van der Waals surface area contributed by atoms with Crippen molar-refractivity contribution in [1.82, 2.24) is 30.1 Å². The summed E-state index contributed by atoms with van der Waals surface area (Å²) in [6.07, 6.45) is 2.62. The molecule has 1 atom stereocenters. The van der Waals surface area contributed by atoms with Gasteiger partial charge in [-0.2, -0.15) is 18.2 Å². The molecule has 0 saturated carbocycles. The van der Waals surface area contributed by atoms with Gasteiger partial charge in [0.25, 0.3) is 0 Å². The Bertz CT molecular complexity index is 804. The highest BCUT2D eigenvalue weighted by atomic mass is 19.4. The quantitative estimate of drug-likeness (QED) is 0.775. The molecule has 124 valence electrons. The molecule has 0 amide bonds. The topological polar surface area (TPSA) is 103 Å². The summed E-state index contributed by atoms with van der Waals surface area (Å²) in [5.41, 5.74) is 0.894. The van der Waals surface area contributed by atoms with E-state index >= 15 is 0 Å². The van der Waals surface area contributed by atoms with Crippen molar-refractivity contribution >= 4 is 5.95 Å². The van der Waals surface area contributed by atoms with E-state index in [-0.39, 0.29) is 23.4 Å². The lowest BCUT2D eigenvalue weighted by molar-refractivity contribution is -0.159. The Morgan fingerprint density at radius 1 is 1.08 bits per heavy atom. The Kier molecular flexibility index (Phi) is 4.06. The van der Waals surface area contributed by atoms with Crippen LogP contribution in [0.3, 0.4) is 0 Å². The summed E-state index contributed by atoms with van der Waals surface area (Å²) in [6, 6.07) is -0.202. The largest absolute Gasteiger partial charge is 0.471 e. The summed E-state index contributed by atoms with van der Waals surface area (Å²) >= 11 is 0. The number of anilines is 1. The van der Waals surface area contributed by atoms with Crippen LogP contribution in [0.15, 0.2) is 35.5 Å². The van der Waals surface area contributed by atoms with Gasteiger partial charge in [0, 0.05) is 24.8 Å². The molecule has 1 unspecified atom stereocenters. The zero-order valence-corrected chi connectivity index (χ0v) is 12.2. The van der Waals surface area contributed by atoms with E-state index in [1.807, 2.05) is 6.92 Å². The van der Waals surface area contributed by atoms with Gasteiger partial charge in [0.05, 0.1) is 23.5 Å². The van der Waals surface area contributed by atoms with Gasteiger partial charge >= 0.3 is 12.1 Å². The molecule has 24 heavy (non-hydrogen) atoms. The molecule has 8 nitrogen and oxygen atoms in total. The second kappa shape index (κ2) is 6.18. The molecule has 3 heterocycles. The monoisotopic (exact) mass is 337 g/mol. The van der Waals surface area contributed by atoms with Crippen LogP contribution >= 0.6 is 0 Å². The molecular weight excluding hydrogens is 327 g/mol. The van der Waals surface area contributed by atoms with Gasteiger partial charge in [-0.25, -0.2) is 9.97 Å². The van der Waals surface area contributed by atoms with Crippen molar-refractivity contribution < 1.29 is 17.7 Å². The average molecular weight is 337 g/mol. The zero-order chi connectivity index (χ0) is 17.2. The number of halogens is 3. The van der Waals surface area contributed by atoms with Crippen LogP contribution in [0.4, 0.5) is 19.1 Å². The second-order valence-corrected chi connectivity index (χ2v) is 4.71. The van der Waals surface area contributed by atoms with Crippen LogP contribution in [-0.4, -0.2) is 30.1 Å². The maximum atomic E-state index is 12.4. The molecule has 3 rings (SSSR count). The van der Waals surface area contributed by atoms with Crippen molar-refractivity contribution in [2.24, 2.45) is 0 Å². The minimum atomic E-state index is -4.69. The number of aromatic nitrogens is 6. The van der Waals surface area contributed by atoms with E-state index < -0.39 is 12.1 Å². The maximum Gasteiger partial charge on any atom is 0.471 e. The van der Waals surface area contributed by atoms with Crippen LogP contribution in [-0.2, 0) is 6.18 Å². The van der Waals surface area contributed by atoms with Gasteiger partial charge in [-0.05, 0) is 6.92 Å². The fourth-order valence-electron chi connectivity index (χ4n) is 1.78. The molecule has 0 spiro atoms. The van der Waals surface area contributed by atoms with E-state index in [9.17, 15) is 13.2 Å². The van der Waals surface area contributed by atoms with Gasteiger partial charge in [-0.1, -0.05) is 5.16 Å². The van der Waals surface area contributed by atoms with Crippen molar-refractivity contribution in [3.05, 3.63) is 42.6 Å². The highest BCUT2D eigenvalue weighted by Gasteiger charge is 2.38. The first kappa shape index (κ1) is 15.8. The van der Waals surface area contributed by atoms with E-state index in [2.05, 4.69) is 39.9 Å². The molecule has 3 aromatic heterocycles. The van der Waals surface area contributed by atoms with E-state index in [1.165, 1.54) is 12.4 Å². The Hall–Kier alpha value is -3.11. The number of hydrogen-bond donors (Lipinski definition) is 1. The lowest BCUT2D eigenvalue weighted by Gasteiger charge is -2.12. The molecule has 0 fully saturated rings. The van der Waals surface area contributed by atoms with E-state index in [4.69, 9.17) is 0 Å². The Labute approximate surface area is 133 Å². The van der Waals surface area contributed by atoms with Gasteiger partial charge in [-0.15, -0.1) is 0 Å². The van der Waals surface area contributed by atoms with Crippen LogP contribution < -0.4 is 5.32 Å². The van der Waals surface area contributed by atoms with E-state index in [0.29, 0.717) is 5.69 Å². The normalized spacial score (nSPS) is 12.8. The third kappa shape index (κ3) is 3.45. The van der Waals surface area contributed by atoms with Gasteiger partial charge in [0.1, 0.15) is 0 Å². The molecule has 3 aromatic rings. The van der Waals surface area contributed by atoms with Gasteiger partial charge in [0.2, 0.25) is 11.8 Å². The number of alkyl halides is 3. The summed E-state index contributed by atoms with van der Waals surface area (Å²) in [5, 5.41) is 6.26. The average Bonchev–Trinajstić information content (AvgIpc) is 3.07. The fourth-order valence-corrected chi connectivity index (χ4v) is 1.78. The molecule has 1 N–H and O–H groups in total. The van der Waals surface area contributed by atoms with Crippen LogP contribution in [0.2, 0.25) is 0 Å². The summed E-state index contributed by atoms with van der Waals surface area (Å²) in [7, 11) is 0. The predicted molar refractivity (Wildman–Crippen MR) is 74.4 cm³/mol. The first-order valence-corrected chi connectivity index (χ1v) is 6.69. The fraction of sp³-hybridized carbons (Fsp3) is 0.231. The number of nitrogens with zero attached hydrogens (tertiary/aromatic N) is 6. The minimum absolute atomic E-state index is 0.201. The summed E-state index contributed by atoms with van der Waals surface area (Å²) in [4.78, 5) is 19.4. The first-order chi connectivity index (χ1) is 11.4. The number of rotatable bonds is 4. The highest BCUT2D eigenvalue weighted by Crippen LogP contribution is 2.29. The minimum Gasteiger partial charge on any atom is -0.346 e. The zero-order valence-electron chi connectivity index (χ0n) is 12.2. The van der Waals surface area contributed by atoms with Crippen molar-refractivity contribution in [3.63, 3.8) is 0 Å². The lowest BCUT2D eigenvalue weighted by atomic mass is 10.2. The van der Waals surface area contributed by atoms with Crippen LogP contribution in [0, 0.1) is 0 Å².